The van der Waals surface area contributed by atoms with Crippen molar-refractivity contribution in [3.63, 3.8) is 0 Å². The van der Waals surface area contributed by atoms with Gasteiger partial charge in [0.05, 0.1) is 0 Å². The highest BCUT2D eigenvalue weighted by Gasteiger charge is 2.09. The first-order valence-corrected chi connectivity index (χ1v) is 7.93. The zero-order chi connectivity index (χ0) is 14.9. The summed E-state index contributed by atoms with van der Waals surface area (Å²) in [6.45, 7) is 0. The van der Waals surface area contributed by atoms with Crippen LogP contribution in [0.15, 0.2) is 66.7 Å². The second kappa shape index (κ2) is 5.48. The van der Waals surface area contributed by atoms with Gasteiger partial charge in [-0.3, -0.25) is 0 Å². The van der Waals surface area contributed by atoms with Crippen molar-refractivity contribution in [1.82, 2.24) is 0 Å². The number of fused-ring (bicyclic) bond motifs is 3. The predicted octanol–water partition coefficient (Wildman–Crippen LogP) is 4.36. The summed E-state index contributed by atoms with van der Waals surface area (Å²) < 4.78 is 7.71. The molecule has 0 bridgehead atoms. The normalized spacial score (nSPS) is 11.0. The molecule has 4 aromatic rings. The van der Waals surface area contributed by atoms with Gasteiger partial charge in [0, 0.05) is 20.2 Å². The van der Waals surface area contributed by atoms with E-state index in [9.17, 15) is 0 Å². The summed E-state index contributed by atoms with van der Waals surface area (Å²) >= 11 is 1.83. The molecule has 0 fully saturated rings. The molecule has 1 heterocycles. The van der Waals surface area contributed by atoms with Crippen LogP contribution in [0.1, 0.15) is 0 Å². The van der Waals surface area contributed by atoms with E-state index in [1.54, 1.807) is 0 Å². The van der Waals surface area contributed by atoms with Crippen LogP contribution in [0.4, 0.5) is 0 Å². The van der Waals surface area contributed by atoms with Crippen LogP contribution in [-0.4, -0.2) is 12.7 Å². The average molecular weight is 304 g/mol. The van der Waals surface area contributed by atoms with E-state index in [4.69, 9.17) is 9.68 Å². The lowest BCUT2D eigenvalue weighted by molar-refractivity contribution is 0.454. The Bertz CT molecular complexity index is 944. The van der Waals surface area contributed by atoms with E-state index >= 15 is 0 Å². The van der Waals surface area contributed by atoms with Crippen LogP contribution in [0, 0.1) is 0 Å². The minimum atomic E-state index is -0.300. The molecule has 4 rings (SSSR count). The Labute approximate surface area is 132 Å². The second-order valence-electron chi connectivity index (χ2n) is 5.08. The lowest BCUT2D eigenvalue weighted by Gasteiger charge is -2.06. The monoisotopic (exact) mass is 304 g/mol. The number of rotatable bonds is 3. The highest BCUT2D eigenvalue weighted by Crippen LogP contribution is 2.39. The molecule has 0 unspecified atom stereocenters. The van der Waals surface area contributed by atoms with Gasteiger partial charge in [-0.25, -0.2) is 0 Å². The highest BCUT2D eigenvalue weighted by atomic mass is 32.1. The summed E-state index contributed by atoms with van der Waals surface area (Å²) in [5, 5.41) is 11.4. The molecule has 2 nitrogen and oxygen atoms in total. The van der Waals surface area contributed by atoms with Crippen LogP contribution in [0.5, 0.6) is 5.75 Å². The molecule has 0 saturated carbocycles. The summed E-state index contributed by atoms with van der Waals surface area (Å²) in [5.41, 5.74) is 2.39. The quantitative estimate of drug-likeness (QED) is 0.570. The molecule has 106 valence electrons. The molecule has 0 aliphatic carbocycles. The van der Waals surface area contributed by atoms with Crippen molar-refractivity contribution in [2.24, 2.45) is 0 Å². The fraction of sp³-hybridized carbons (Fsp3) is 0. The molecule has 0 atom stereocenters. The van der Waals surface area contributed by atoms with Crippen molar-refractivity contribution in [3.8, 4) is 16.9 Å². The van der Waals surface area contributed by atoms with E-state index in [1.807, 2.05) is 35.6 Å². The van der Waals surface area contributed by atoms with Crippen LogP contribution in [0.25, 0.3) is 31.3 Å². The predicted molar refractivity (Wildman–Crippen MR) is 94.8 cm³/mol. The summed E-state index contributed by atoms with van der Waals surface area (Å²) in [5.74, 6) is 0.676. The molecule has 0 amide bonds. The molecular weight excluding hydrogens is 291 g/mol. The first-order chi connectivity index (χ1) is 10.9. The Morgan fingerprint density at radius 3 is 2.41 bits per heavy atom. The molecule has 0 saturated heterocycles. The molecule has 4 heteroatoms. The lowest BCUT2D eigenvalue weighted by atomic mass is 10.0. The molecule has 22 heavy (non-hydrogen) atoms. The first-order valence-electron chi connectivity index (χ1n) is 7.11. The largest absolute Gasteiger partial charge is 0.539 e. The van der Waals surface area contributed by atoms with Crippen molar-refractivity contribution in [2.75, 3.05) is 0 Å². The van der Waals surface area contributed by atoms with Crippen molar-refractivity contribution >= 4 is 39.2 Å². The molecule has 0 aliphatic heterocycles. The molecule has 0 aliphatic rings. The standard InChI is InChI=1S/C18H13BO2S/c20-19-21-13-10-8-12(9-11-13)14-5-3-6-16-15-4-1-2-7-17(15)22-18(14)16/h1-11,19-20H. The summed E-state index contributed by atoms with van der Waals surface area (Å²) in [6.07, 6.45) is 0. The summed E-state index contributed by atoms with van der Waals surface area (Å²) in [6, 6.07) is 22.8. The fourth-order valence-corrected chi connectivity index (χ4v) is 4.02. The van der Waals surface area contributed by atoms with Crippen LogP contribution in [0.2, 0.25) is 0 Å². The van der Waals surface area contributed by atoms with Gasteiger partial charge in [0.1, 0.15) is 5.75 Å². The molecular formula is C18H13BO2S. The van der Waals surface area contributed by atoms with Crippen LogP contribution >= 0.6 is 11.3 Å². The highest BCUT2D eigenvalue weighted by molar-refractivity contribution is 7.26. The smallest absolute Gasteiger partial charge is 0.504 e. The van der Waals surface area contributed by atoms with Gasteiger partial charge < -0.3 is 9.68 Å². The molecule has 1 N–H and O–H groups in total. The third-order valence-electron chi connectivity index (χ3n) is 3.80. The van der Waals surface area contributed by atoms with E-state index in [1.165, 1.54) is 25.7 Å². The minimum absolute atomic E-state index is 0.300. The van der Waals surface area contributed by atoms with E-state index in [2.05, 4.69) is 42.5 Å². The lowest BCUT2D eigenvalue weighted by Crippen LogP contribution is -1.99. The summed E-state index contributed by atoms with van der Waals surface area (Å²) in [4.78, 5) is 0. The van der Waals surface area contributed by atoms with Gasteiger partial charge in [0.15, 0.2) is 0 Å². The van der Waals surface area contributed by atoms with Crippen molar-refractivity contribution < 1.29 is 9.68 Å². The Balaban J connectivity index is 1.91. The number of benzene rings is 3. The van der Waals surface area contributed by atoms with Crippen LogP contribution < -0.4 is 4.65 Å². The van der Waals surface area contributed by atoms with Gasteiger partial charge in [0.25, 0.3) is 0 Å². The van der Waals surface area contributed by atoms with Gasteiger partial charge in [-0.15, -0.1) is 11.3 Å². The van der Waals surface area contributed by atoms with E-state index < -0.39 is 0 Å². The maximum atomic E-state index is 8.81. The zero-order valence-corrected chi connectivity index (χ0v) is 12.6. The number of hydrogen-bond acceptors (Lipinski definition) is 3. The van der Waals surface area contributed by atoms with E-state index in [-0.39, 0.29) is 7.69 Å². The van der Waals surface area contributed by atoms with E-state index in [0.29, 0.717) is 5.75 Å². The average Bonchev–Trinajstić information content (AvgIpc) is 2.95. The molecule has 0 spiro atoms. The second-order valence-corrected chi connectivity index (χ2v) is 6.13. The maximum absolute atomic E-state index is 8.81. The Hall–Kier alpha value is -2.30. The zero-order valence-electron chi connectivity index (χ0n) is 11.8. The van der Waals surface area contributed by atoms with Gasteiger partial charge in [-0.2, -0.15) is 0 Å². The van der Waals surface area contributed by atoms with Crippen molar-refractivity contribution in [1.29, 1.82) is 0 Å². The van der Waals surface area contributed by atoms with E-state index in [0.717, 1.165) is 5.56 Å². The SMILES string of the molecule is OBOc1ccc(-c2cccc3c2sc2ccccc23)cc1. The molecule has 0 radical (unpaired) electrons. The summed E-state index contributed by atoms with van der Waals surface area (Å²) in [7, 11) is -0.300. The topological polar surface area (TPSA) is 29.5 Å². The number of hydrogen-bond donors (Lipinski definition) is 1. The van der Waals surface area contributed by atoms with Gasteiger partial charge >= 0.3 is 7.69 Å². The third-order valence-corrected chi connectivity index (χ3v) is 5.02. The Kier molecular flexibility index (Phi) is 3.33. The van der Waals surface area contributed by atoms with Crippen LogP contribution in [0.3, 0.4) is 0 Å². The Morgan fingerprint density at radius 2 is 1.59 bits per heavy atom. The van der Waals surface area contributed by atoms with Crippen molar-refractivity contribution in [2.45, 2.75) is 0 Å². The molecule has 1 aromatic heterocycles. The third kappa shape index (κ3) is 2.17. The maximum Gasteiger partial charge on any atom is 0.504 e. The molecule has 3 aromatic carbocycles. The Morgan fingerprint density at radius 1 is 0.818 bits per heavy atom. The fourth-order valence-electron chi connectivity index (χ4n) is 2.78. The van der Waals surface area contributed by atoms with Crippen LogP contribution in [-0.2, 0) is 0 Å². The van der Waals surface area contributed by atoms with Crippen molar-refractivity contribution in [3.05, 3.63) is 66.7 Å². The first kappa shape index (κ1) is 13.4. The minimum Gasteiger partial charge on any atom is -0.539 e. The number of thiophene rings is 1. The van der Waals surface area contributed by atoms with Gasteiger partial charge in [-0.1, -0.05) is 48.5 Å². The van der Waals surface area contributed by atoms with Gasteiger partial charge in [0.2, 0.25) is 0 Å². The van der Waals surface area contributed by atoms with Gasteiger partial charge in [-0.05, 0) is 29.3 Å².